The van der Waals surface area contributed by atoms with Gasteiger partial charge >= 0.3 is 0 Å². The molecule has 2 aromatic rings. The second-order valence-electron chi connectivity index (χ2n) is 5.29. The number of carbonyl (C=O) groups excluding carboxylic acids is 1. The lowest BCUT2D eigenvalue weighted by Gasteiger charge is -2.14. The van der Waals surface area contributed by atoms with E-state index in [-0.39, 0.29) is 12.3 Å². The van der Waals surface area contributed by atoms with E-state index in [1.54, 1.807) is 14.2 Å². The molecule has 0 heterocycles. The van der Waals surface area contributed by atoms with E-state index >= 15 is 0 Å². The first-order chi connectivity index (χ1) is 11.6. The summed E-state index contributed by atoms with van der Waals surface area (Å²) < 4.78 is 16.1. The number of carbonyl (C=O) groups is 1. The Hall–Kier alpha value is -2.69. The lowest BCUT2D eigenvalue weighted by atomic mass is 10.0. The summed E-state index contributed by atoms with van der Waals surface area (Å²) in [6.07, 6.45) is 0.243. The Morgan fingerprint density at radius 1 is 1.04 bits per heavy atom. The normalized spacial score (nSPS) is 10.2. The van der Waals surface area contributed by atoms with Gasteiger partial charge in [-0.15, -0.1) is 0 Å². The number of methoxy groups -OCH3 is 2. The van der Waals surface area contributed by atoms with Crippen LogP contribution < -0.4 is 19.5 Å². The molecule has 0 radical (unpaired) electrons. The number of benzene rings is 2. The Labute approximate surface area is 142 Å². The molecule has 1 amide bonds. The van der Waals surface area contributed by atoms with E-state index < -0.39 is 0 Å². The zero-order chi connectivity index (χ0) is 17.5. The summed E-state index contributed by atoms with van der Waals surface area (Å²) in [5, 5.41) is 2.90. The fraction of sp³-hybridized carbons (Fsp3) is 0.316. The first-order valence-electron chi connectivity index (χ1n) is 7.82. The van der Waals surface area contributed by atoms with Crippen LogP contribution >= 0.6 is 0 Å². The van der Waals surface area contributed by atoms with Gasteiger partial charge in [0, 0.05) is 0 Å². The second kappa shape index (κ2) is 8.24. The van der Waals surface area contributed by atoms with Crippen LogP contribution in [-0.2, 0) is 11.2 Å². The van der Waals surface area contributed by atoms with Crippen molar-refractivity contribution in [2.75, 3.05) is 26.1 Å². The molecule has 1 N–H and O–H groups in total. The van der Waals surface area contributed by atoms with Gasteiger partial charge in [-0.25, -0.2) is 0 Å². The third-order valence-corrected chi connectivity index (χ3v) is 3.65. The molecule has 2 rings (SSSR count). The van der Waals surface area contributed by atoms with Crippen LogP contribution in [0.2, 0.25) is 0 Å². The molecule has 2 aromatic carbocycles. The predicted molar refractivity (Wildman–Crippen MR) is 94.2 cm³/mol. The molecule has 5 heteroatoms. The van der Waals surface area contributed by atoms with Crippen molar-refractivity contribution in [3.05, 3.63) is 47.5 Å². The molecule has 0 aliphatic rings. The second-order valence-corrected chi connectivity index (χ2v) is 5.29. The predicted octanol–water partition coefficient (Wildman–Crippen LogP) is 3.59. The smallest absolute Gasteiger partial charge is 0.228 e. The van der Waals surface area contributed by atoms with Gasteiger partial charge in [-0.1, -0.05) is 12.1 Å². The van der Waals surface area contributed by atoms with Crippen molar-refractivity contribution in [3.8, 4) is 17.2 Å². The molecule has 0 spiro atoms. The Morgan fingerprint density at radius 3 is 2.38 bits per heavy atom. The highest BCUT2D eigenvalue weighted by Gasteiger charge is 2.13. The van der Waals surface area contributed by atoms with Crippen LogP contribution in [0.15, 0.2) is 36.4 Å². The molecular weight excluding hydrogens is 306 g/mol. The summed E-state index contributed by atoms with van der Waals surface area (Å²) >= 11 is 0. The van der Waals surface area contributed by atoms with E-state index in [9.17, 15) is 4.79 Å². The third-order valence-electron chi connectivity index (χ3n) is 3.65. The van der Waals surface area contributed by atoms with Gasteiger partial charge in [0.25, 0.3) is 0 Å². The van der Waals surface area contributed by atoms with Crippen LogP contribution in [0.5, 0.6) is 17.2 Å². The minimum atomic E-state index is -0.113. The molecule has 5 nitrogen and oxygen atoms in total. The summed E-state index contributed by atoms with van der Waals surface area (Å²) in [6.45, 7) is 4.39. The molecule has 0 aliphatic carbocycles. The Balaban J connectivity index is 2.16. The quantitative estimate of drug-likeness (QED) is 0.843. The maximum absolute atomic E-state index is 12.4. The average molecular weight is 329 g/mol. The van der Waals surface area contributed by atoms with Gasteiger partial charge in [0.2, 0.25) is 5.91 Å². The van der Waals surface area contributed by atoms with Gasteiger partial charge in [0.15, 0.2) is 11.5 Å². The number of hydrogen-bond donors (Lipinski definition) is 1. The molecule has 0 aliphatic heterocycles. The number of nitrogens with one attached hydrogen (secondary N) is 1. The third kappa shape index (κ3) is 4.19. The van der Waals surface area contributed by atoms with E-state index in [1.165, 1.54) is 0 Å². The first-order valence-corrected chi connectivity index (χ1v) is 7.82. The van der Waals surface area contributed by atoms with Crippen molar-refractivity contribution in [1.29, 1.82) is 0 Å². The molecule has 0 saturated carbocycles. The molecule has 0 fully saturated rings. The lowest BCUT2D eigenvalue weighted by Crippen LogP contribution is -2.16. The van der Waals surface area contributed by atoms with Crippen molar-refractivity contribution in [1.82, 2.24) is 0 Å². The zero-order valence-electron chi connectivity index (χ0n) is 14.5. The van der Waals surface area contributed by atoms with Crippen LogP contribution in [0.4, 0.5) is 5.69 Å². The van der Waals surface area contributed by atoms with Crippen molar-refractivity contribution < 1.29 is 19.0 Å². The summed E-state index contributed by atoms with van der Waals surface area (Å²) in [5.41, 5.74) is 2.53. The van der Waals surface area contributed by atoms with Crippen LogP contribution in [0.3, 0.4) is 0 Å². The van der Waals surface area contributed by atoms with Crippen LogP contribution in [0.25, 0.3) is 0 Å². The first kappa shape index (κ1) is 17.7. The van der Waals surface area contributed by atoms with E-state index in [2.05, 4.69) is 5.32 Å². The van der Waals surface area contributed by atoms with Gasteiger partial charge in [0.05, 0.1) is 32.9 Å². The molecule has 0 unspecified atom stereocenters. The highest BCUT2D eigenvalue weighted by atomic mass is 16.5. The summed E-state index contributed by atoms with van der Waals surface area (Å²) in [4.78, 5) is 12.4. The van der Waals surface area contributed by atoms with Crippen molar-refractivity contribution in [3.63, 3.8) is 0 Å². The SMILES string of the molecule is CCOc1ccccc1NC(=O)Cc1cc(OC)c(OC)cc1C. The van der Waals surface area contributed by atoms with Gasteiger partial charge in [0.1, 0.15) is 5.75 Å². The molecule has 128 valence electrons. The average Bonchev–Trinajstić information content (AvgIpc) is 2.58. The number of rotatable bonds is 7. The van der Waals surface area contributed by atoms with E-state index in [0.29, 0.717) is 29.5 Å². The maximum atomic E-state index is 12.4. The highest BCUT2D eigenvalue weighted by molar-refractivity contribution is 5.93. The molecule has 0 bridgehead atoms. The Morgan fingerprint density at radius 2 is 1.71 bits per heavy atom. The monoisotopic (exact) mass is 329 g/mol. The fourth-order valence-corrected chi connectivity index (χ4v) is 2.43. The minimum Gasteiger partial charge on any atom is -0.493 e. The molecule has 0 atom stereocenters. The lowest BCUT2D eigenvalue weighted by molar-refractivity contribution is -0.115. The largest absolute Gasteiger partial charge is 0.493 e. The molecular formula is C19H23NO4. The number of aryl methyl sites for hydroxylation is 1. The number of hydrogen-bond acceptors (Lipinski definition) is 4. The number of amides is 1. The van der Waals surface area contributed by atoms with E-state index in [4.69, 9.17) is 14.2 Å². The number of para-hydroxylation sites is 2. The maximum Gasteiger partial charge on any atom is 0.228 e. The van der Waals surface area contributed by atoms with Crippen molar-refractivity contribution in [2.45, 2.75) is 20.3 Å². The van der Waals surface area contributed by atoms with Crippen LogP contribution in [0.1, 0.15) is 18.1 Å². The summed E-state index contributed by atoms with van der Waals surface area (Å²) in [7, 11) is 3.17. The van der Waals surface area contributed by atoms with Crippen LogP contribution in [0, 0.1) is 6.92 Å². The van der Waals surface area contributed by atoms with E-state index in [0.717, 1.165) is 11.1 Å². The van der Waals surface area contributed by atoms with Gasteiger partial charge in [-0.2, -0.15) is 0 Å². The summed E-state index contributed by atoms with van der Waals surface area (Å²) in [5.74, 6) is 1.82. The molecule has 24 heavy (non-hydrogen) atoms. The standard InChI is InChI=1S/C19H23NO4/c1-5-24-16-9-7-6-8-15(16)20-19(21)12-14-11-18(23-4)17(22-3)10-13(14)2/h6-11H,5,12H2,1-4H3,(H,20,21). The minimum absolute atomic E-state index is 0.113. The van der Waals surface area contributed by atoms with Gasteiger partial charge in [-0.3, -0.25) is 4.79 Å². The number of ether oxygens (including phenoxy) is 3. The van der Waals surface area contributed by atoms with Crippen molar-refractivity contribution in [2.24, 2.45) is 0 Å². The van der Waals surface area contributed by atoms with E-state index in [1.807, 2.05) is 50.2 Å². The molecule has 0 aromatic heterocycles. The number of anilines is 1. The Kier molecular flexibility index (Phi) is 6.07. The van der Waals surface area contributed by atoms with Crippen LogP contribution in [-0.4, -0.2) is 26.7 Å². The fourth-order valence-electron chi connectivity index (χ4n) is 2.43. The topological polar surface area (TPSA) is 56.8 Å². The highest BCUT2D eigenvalue weighted by Crippen LogP contribution is 2.31. The summed E-state index contributed by atoms with van der Waals surface area (Å²) in [6, 6.07) is 11.1. The molecule has 0 saturated heterocycles. The van der Waals surface area contributed by atoms with Crippen molar-refractivity contribution >= 4 is 11.6 Å². The van der Waals surface area contributed by atoms with Gasteiger partial charge in [-0.05, 0) is 49.2 Å². The van der Waals surface area contributed by atoms with Gasteiger partial charge < -0.3 is 19.5 Å². The Bertz CT molecular complexity index is 713. The zero-order valence-corrected chi connectivity index (χ0v) is 14.5.